The summed E-state index contributed by atoms with van der Waals surface area (Å²) in [4.78, 5) is 10.7. The van der Waals surface area contributed by atoms with Crippen LogP contribution in [-0.2, 0) is 4.79 Å². The molecule has 1 heterocycles. The van der Waals surface area contributed by atoms with Gasteiger partial charge in [0.2, 0.25) is 0 Å². The van der Waals surface area contributed by atoms with Crippen molar-refractivity contribution in [1.82, 2.24) is 10.9 Å². The van der Waals surface area contributed by atoms with Crippen molar-refractivity contribution in [3.8, 4) is 0 Å². The molecule has 3 nitrogen and oxygen atoms in total. The number of rotatable bonds is 1. The minimum atomic E-state index is 0.0544. The van der Waals surface area contributed by atoms with Crippen LogP contribution in [0.1, 0.15) is 19.8 Å². The molecule has 0 radical (unpaired) electrons. The first-order valence-corrected chi connectivity index (χ1v) is 3.29. The standard InChI is InChI=1S/C6H12N2O/c1-5(9)6-3-2-4-7-8-6/h6-8H,2-4H2,1H3. The second kappa shape index (κ2) is 2.94. The molecular weight excluding hydrogens is 116 g/mol. The highest BCUT2D eigenvalue weighted by Gasteiger charge is 2.15. The van der Waals surface area contributed by atoms with E-state index in [9.17, 15) is 4.79 Å². The summed E-state index contributed by atoms with van der Waals surface area (Å²) in [6, 6.07) is 0.0544. The molecule has 0 aromatic rings. The van der Waals surface area contributed by atoms with Crippen molar-refractivity contribution in [2.24, 2.45) is 0 Å². The number of hydrogen-bond acceptors (Lipinski definition) is 3. The lowest BCUT2D eigenvalue weighted by atomic mass is 10.1. The van der Waals surface area contributed by atoms with Gasteiger partial charge in [-0.25, -0.2) is 5.43 Å². The highest BCUT2D eigenvalue weighted by atomic mass is 16.1. The van der Waals surface area contributed by atoms with Crippen LogP contribution >= 0.6 is 0 Å². The first-order chi connectivity index (χ1) is 4.30. The van der Waals surface area contributed by atoms with Gasteiger partial charge in [0.15, 0.2) is 0 Å². The average Bonchev–Trinajstić information content (AvgIpc) is 1.90. The van der Waals surface area contributed by atoms with Gasteiger partial charge in [-0.2, -0.15) is 0 Å². The number of ketones is 1. The minimum absolute atomic E-state index is 0.0544. The number of hydrazine groups is 1. The van der Waals surface area contributed by atoms with Gasteiger partial charge in [-0.05, 0) is 19.8 Å². The number of carbonyl (C=O) groups is 1. The van der Waals surface area contributed by atoms with Crippen LogP contribution in [-0.4, -0.2) is 18.4 Å². The Hall–Kier alpha value is -0.410. The summed E-state index contributed by atoms with van der Waals surface area (Å²) in [7, 11) is 0. The summed E-state index contributed by atoms with van der Waals surface area (Å²) in [5.74, 6) is 0.224. The summed E-state index contributed by atoms with van der Waals surface area (Å²) >= 11 is 0. The maximum Gasteiger partial charge on any atom is 0.148 e. The normalized spacial score (nSPS) is 27.9. The number of carbonyl (C=O) groups excluding carboxylic acids is 1. The van der Waals surface area contributed by atoms with E-state index in [0.717, 1.165) is 19.4 Å². The van der Waals surface area contributed by atoms with Gasteiger partial charge in [0.1, 0.15) is 5.78 Å². The van der Waals surface area contributed by atoms with E-state index in [1.54, 1.807) is 6.92 Å². The van der Waals surface area contributed by atoms with Crippen LogP contribution in [0, 0.1) is 0 Å². The van der Waals surface area contributed by atoms with Crippen molar-refractivity contribution in [2.75, 3.05) is 6.54 Å². The van der Waals surface area contributed by atoms with Crippen LogP contribution < -0.4 is 10.9 Å². The summed E-state index contributed by atoms with van der Waals surface area (Å²) in [5, 5.41) is 0. The van der Waals surface area contributed by atoms with Gasteiger partial charge in [-0.1, -0.05) is 0 Å². The molecule has 0 aromatic carbocycles. The lowest BCUT2D eigenvalue weighted by Crippen LogP contribution is -2.49. The van der Waals surface area contributed by atoms with E-state index in [4.69, 9.17) is 0 Å². The van der Waals surface area contributed by atoms with E-state index < -0.39 is 0 Å². The topological polar surface area (TPSA) is 41.1 Å². The second-order valence-electron chi connectivity index (χ2n) is 2.38. The molecular formula is C6H12N2O. The van der Waals surface area contributed by atoms with Crippen molar-refractivity contribution in [2.45, 2.75) is 25.8 Å². The first kappa shape index (κ1) is 6.71. The molecule has 0 spiro atoms. The third-order valence-corrected chi connectivity index (χ3v) is 1.56. The van der Waals surface area contributed by atoms with Crippen LogP contribution in [0.25, 0.3) is 0 Å². The molecule has 1 unspecified atom stereocenters. The van der Waals surface area contributed by atoms with Crippen molar-refractivity contribution in [1.29, 1.82) is 0 Å². The molecule has 1 saturated heterocycles. The van der Waals surface area contributed by atoms with Gasteiger partial charge in [0, 0.05) is 6.54 Å². The Balaban J connectivity index is 2.31. The lowest BCUT2D eigenvalue weighted by Gasteiger charge is -2.21. The zero-order valence-corrected chi connectivity index (χ0v) is 5.61. The fourth-order valence-electron chi connectivity index (χ4n) is 0.967. The zero-order valence-electron chi connectivity index (χ0n) is 5.61. The van der Waals surface area contributed by atoms with E-state index in [0.29, 0.717) is 0 Å². The number of nitrogens with one attached hydrogen (secondary N) is 2. The molecule has 1 aliphatic rings. The van der Waals surface area contributed by atoms with E-state index in [2.05, 4.69) is 10.9 Å². The van der Waals surface area contributed by atoms with Gasteiger partial charge in [0.25, 0.3) is 0 Å². The summed E-state index contributed by atoms with van der Waals surface area (Å²) in [6.45, 7) is 2.59. The maximum atomic E-state index is 10.7. The summed E-state index contributed by atoms with van der Waals surface area (Å²) in [5.41, 5.74) is 5.86. The highest BCUT2D eigenvalue weighted by molar-refractivity contribution is 5.81. The minimum Gasteiger partial charge on any atom is -0.298 e. The van der Waals surface area contributed by atoms with Gasteiger partial charge >= 0.3 is 0 Å². The summed E-state index contributed by atoms with van der Waals surface area (Å²) < 4.78 is 0. The van der Waals surface area contributed by atoms with Gasteiger partial charge < -0.3 is 0 Å². The number of Topliss-reactive ketones (excluding diaryl/α,β-unsaturated/α-hetero) is 1. The van der Waals surface area contributed by atoms with E-state index in [-0.39, 0.29) is 11.8 Å². The van der Waals surface area contributed by atoms with Crippen molar-refractivity contribution < 1.29 is 4.79 Å². The van der Waals surface area contributed by atoms with Crippen LogP contribution in [0.2, 0.25) is 0 Å². The zero-order chi connectivity index (χ0) is 6.69. The predicted molar refractivity (Wildman–Crippen MR) is 34.8 cm³/mol. The largest absolute Gasteiger partial charge is 0.298 e. The van der Waals surface area contributed by atoms with Crippen LogP contribution in [0.5, 0.6) is 0 Å². The quantitative estimate of drug-likeness (QED) is 0.515. The van der Waals surface area contributed by atoms with Gasteiger partial charge in [-0.3, -0.25) is 10.2 Å². The molecule has 1 fully saturated rings. The third kappa shape index (κ3) is 1.77. The Kier molecular flexibility index (Phi) is 2.19. The monoisotopic (exact) mass is 128 g/mol. The molecule has 9 heavy (non-hydrogen) atoms. The summed E-state index contributed by atoms with van der Waals surface area (Å²) in [6.07, 6.45) is 2.07. The molecule has 0 aromatic heterocycles. The Morgan fingerprint density at radius 1 is 1.67 bits per heavy atom. The van der Waals surface area contributed by atoms with Gasteiger partial charge in [0.05, 0.1) is 6.04 Å². The second-order valence-corrected chi connectivity index (χ2v) is 2.38. The van der Waals surface area contributed by atoms with Crippen LogP contribution in [0.4, 0.5) is 0 Å². The van der Waals surface area contributed by atoms with Gasteiger partial charge in [-0.15, -0.1) is 0 Å². The van der Waals surface area contributed by atoms with E-state index >= 15 is 0 Å². The molecule has 0 amide bonds. The van der Waals surface area contributed by atoms with Crippen molar-refractivity contribution >= 4 is 5.78 Å². The SMILES string of the molecule is CC(=O)C1CCCNN1. The number of hydrogen-bond donors (Lipinski definition) is 2. The van der Waals surface area contributed by atoms with Crippen molar-refractivity contribution in [3.05, 3.63) is 0 Å². The average molecular weight is 128 g/mol. The van der Waals surface area contributed by atoms with E-state index in [1.807, 2.05) is 0 Å². The molecule has 1 aliphatic heterocycles. The van der Waals surface area contributed by atoms with E-state index in [1.165, 1.54) is 0 Å². The van der Waals surface area contributed by atoms with Crippen LogP contribution in [0.3, 0.4) is 0 Å². The Bertz CT molecular complexity index is 108. The Morgan fingerprint density at radius 3 is 2.78 bits per heavy atom. The molecule has 1 atom stereocenters. The first-order valence-electron chi connectivity index (χ1n) is 3.29. The van der Waals surface area contributed by atoms with Crippen molar-refractivity contribution in [3.63, 3.8) is 0 Å². The third-order valence-electron chi connectivity index (χ3n) is 1.56. The predicted octanol–water partition coefficient (Wildman–Crippen LogP) is -0.168. The highest BCUT2D eigenvalue weighted by Crippen LogP contribution is 1.99. The molecule has 0 aliphatic carbocycles. The Morgan fingerprint density at radius 2 is 2.44 bits per heavy atom. The lowest BCUT2D eigenvalue weighted by molar-refractivity contribution is -0.119. The smallest absolute Gasteiger partial charge is 0.148 e. The molecule has 0 bridgehead atoms. The van der Waals surface area contributed by atoms with Crippen LogP contribution in [0.15, 0.2) is 0 Å². The fraction of sp³-hybridized carbons (Fsp3) is 0.833. The molecule has 2 N–H and O–H groups in total. The maximum absolute atomic E-state index is 10.7. The fourth-order valence-corrected chi connectivity index (χ4v) is 0.967. The molecule has 3 heteroatoms. The Labute approximate surface area is 54.8 Å². The molecule has 1 rings (SSSR count). The molecule has 52 valence electrons. The molecule has 0 saturated carbocycles.